The molecule has 26 heavy (non-hydrogen) atoms. The molecule has 1 saturated heterocycles. The molecule has 0 aliphatic carbocycles. The molecule has 0 radical (unpaired) electrons. The van der Waals surface area contributed by atoms with Crippen LogP contribution in [0.2, 0.25) is 0 Å². The first-order valence-electron chi connectivity index (χ1n) is 8.36. The standard InChI is InChI=1S/C16H17N5O5/c22-14(17-10-1-2-11-12(5-10)25-9-24-11)20-4-3-16(7-20)8-21-13(6-26-16)18-19-15(21)23/h1-2,5H,3-4,6-9H2,(H,17,22)(H,19,23). The third-order valence-corrected chi connectivity index (χ3v) is 5.02. The van der Waals surface area contributed by atoms with Crippen molar-refractivity contribution in [1.29, 1.82) is 0 Å². The van der Waals surface area contributed by atoms with Crippen LogP contribution in [0.5, 0.6) is 11.5 Å². The largest absolute Gasteiger partial charge is 0.454 e. The molecule has 5 rings (SSSR count). The summed E-state index contributed by atoms with van der Waals surface area (Å²) in [7, 11) is 0. The number of benzene rings is 1. The number of anilines is 1. The van der Waals surface area contributed by atoms with E-state index in [9.17, 15) is 9.59 Å². The Balaban J connectivity index is 1.28. The second kappa shape index (κ2) is 5.49. The summed E-state index contributed by atoms with van der Waals surface area (Å²) in [5.41, 5.74) is -0.156. The van der Waals surface area contributed by atoms with Crippen LogP contribution in [0.3, 0.4) is 0 Å². The highest BCUT2D eigenvalue weighted by Gasteiger charge is 2.44. The monoisotopic (exact) mass is 359 g/mol. The van der Waals surface area contributed by atoms with Crippen molar-refractivity contribution in [2.24, 2.45) is 0 Å². The van der Waals surface area contributed by atoms with Crippen molar-refractivity contribution in [3.8, 4) is 11.5 Å². The number of urea groups is 1. The van der Waals surface area contributed by atoms with E-state index in [0.29, 0.717) is 49.1 Å². The van der Waals surface area contributed by atoms with Crippen LogP contribution in [0.15, 0.2) is 23.0 Å². The summed E-state index contributed by atoms with van der Waals surface area (Å²) in [5.74, 6) is 1.87. The van der Waals surface area contributed by atoms with Gasteiger partial charge in [0.2, 0.25) is 6.79 Å². The van der Waals surface area contributed by atoms with Gasteiger partial charge in [-0.2, -0.15) is 5.10 Å². The molecule has 1 aromatic carbocycles. The predicted octanol–water partition coefficient (Wildman–Crippen LogP) is 0.507. The average molecular weight is 359 g/mol. The first-order valence-corrected chi connectivity index (χ1v) is 8.36. The van der Waals surface area contributed by atoms with Gasteiger partial charge >= 0.3 is 11.7 Å². The van der Waals surface area contributed by atoms with Crippen molar-refractivity contribution in [1.82, 2.24) is 19.7 Å². The van der Waals surface area contributed by atoms with Gasteiger partial charge < -0.3 is 24.4 Å². The number of ether oxygens (including phenoxy) is 3. The van der Waals surface area contributed by atoms with E-state index in [4.69, 9.17) is 14.2 Å². The van der Waals surface area contributed by atoms with Crippen LogP contribution in [-0.2, 0) is 17.9 Å². The molecule has 10 heteroatoms. The Labute approximate surface area is 147 Å². The van der Waals surface area contributed by atoms with E-state index in [1.165, 1.54) is 0 Å². The van der Waals surface area contributed by atoms with Gasteiger partial charge in [-0.3, -0.25) is 4.57 Å². The molecule has 4 heterocycles. The third kappa shape index (κ3) is 2.41. The van der Waals surface area contributed by atoms with E-state index < -0.39 is 5.60 Å². The topological polar surface area (TPSA) is 111 Å². The number of amides is 2. The maximum atomic E-state index is 12.6. The number of aromatic amines is 1. The zero-order valence-electron chi connectivity index (χ0n) is 13.9. The molecule has 0 saturated carbocycles. The fourth-order valence-corrected chi connectivity index (χ4v) is 3.62. The minimum atomic E-state index is -0.549. The Bertz CT molecular complexity index is 937. The maximum Gasteiger partial charge on any atom is 0.343 e. The molecular weight excluding hydrogens is 342 g/mol. The lowest BCUT2D eigenvalue weighted by Crippen LogP contribution is -2.47. The van der Waals surface area contributed by atoms with E-state index in [1.54, 1.807) is 27.7 Å². The summed E-state index contributed by atoms with van der Waals surface area (Å²) in [6.45, 7) is 1.81. The van der Waals surface area contributed by atoms with Crippen LogP contribution < -0.4 is 20.5 Å². The minimum Gasteiger partial charge on any atom is -0.454 e. The van der Waals surface area contributed by atoms with Crippen LogP contribution in [0, 0.1) is 0 Å². The number of fused-ring (bicyclic) bond motifs is 2. The van der Waals surface area contributed by atoms with Gasteiger partial charge in [-0.25, -0.2) is 14.7 Å². The highest BCUT2D eigenvalue weighted by molar-refractivity contribution is 5.90. The predicted molar refractivity (Wildman–Crippen MR) is 88.1 cm³/mol. The smallest absolute Gasteiger partial charge is 0.343 e. The molecule has 1 unspecified atom stereocenters. The summed E-state index contributed by atoms with van der Waals surface area (Å²) in [6, 6.07) is 5.06. The van der Waals surface area contributed by atoms with E-state index in [-0.39, 0.29) is 25.1 Å². The van der Waals surface area contributed by atoms with Crippen molar-refractivity contribution >= 4 is 11.7 Å². The zero-order valence-corrected chi connectivity index (χ0v) is 13.9. The number of H-pyrrole nitrogens is 1. The first kappa shape index (κ1) is 15.3. The Morgan fingerprint density at radius 1 is 1.27 bits per heavy atom. The zero-order chi connectivity index (χ0) is 17.7. The summed E-state index contributed by atoms with van der Waals surface area (Å²) in [6.07, 6.45) is 0.665. The molecule has 2 amide bonds. The number of carbonyl (C=O) groups excluding carboxylic acids is 1. The highest BCUT2D eigenvalue weighted by atomic mass is 16.7. The van der Waals surface area contributed by atoms with Gasteiger partial charge in [-0.15, -0.1) is 0 Å². The fourth-order valence-electron chi connectivity index (χ4n) is 3.62. The second-order valence-corrected chi connectivity index (χ2v) is 6.67. The van der Waals surface area contributed by atoms with E-state index >= 15 is 0 Å². The van der Waals surface area contributed by atoms with Gasteiger partial charge in [0.05, 0.1) is 13.1 Å². The SMILES string of the molecule is O=C(Nc1ccc2c(c1)OCO2)N1CCC2(C1)Cn1c(n[nH]c1=O)CO2. The minimum absolute atomic E-state index is 0.189. The third-order valence-electron chi connectivity index (χ3n) is 5.02. The molecule has 136 valence electrons. The van der Waals surface area contributed by atoms with Crippen LogP contribution in [0.25, 0.3) is 0 Å². The number of hydrogen-bond acceptors (Lipinski definition) is 6. The van der Waals surface area contributed by atoms with Gasteiger partial charge in [0.15, 0.2) is 17.3 Å². The quantitative estimate of drug-likeness (QED) is 0.767. The maximum absolute atomic E-state index is 12.6. The highest BCUT2D eigenvalue weighted by Crippen LogP contribution is 2.35. The van der Waals surface area contributed by atoms with Crippen molar-refractivity contribution in [2.75, 3.05) is 25.2 Å². The van der Waals surface area contributed by atoms with Gasteiger partial charge in [-0.05, 0) is 18.6 Å². The van der Waals surface area contributed by atoms with Crippen molar-refractivity contribution in [2.45, 2.75) is 25.2 Å². The first-order chi connectivity index (χ1) is 12.6. The lowest BCUT2D eigenvalue weighted by Gasteiger charge is -2.33. The van der Waals surface area contributed by atoms with Gasteiger partial charge in [0.1, 0.15) is 12.2 Å². The number of aromatic nitrogens is 3. The van der Waals surface area contributed by atoms with Gasteiger partial charge in [-0.1, -0.05) is 0 Å². The summed E-state index contributed by atoms with van der Waals surface area (Å²) < 4.78 is 18.1. The fraction of sp³-hybridized carbons (Fsp3) is 0.438. The van der Waals surface area contributed by atoms with Crippen LogP contribution in [0.1, 0.15) is 12.2 Å². The molecule has 1 fully saturated rings. The number of hydrogen-bond donors (Lipinski definition) is 2. The molecule has 1 aromatic heterocycles. The molecule has 0 bridgehead atoms. The second-order valence-electron chi connectivity index (χ2n) is 6.67. The number of nitrogens with zero attached hydrogens (tertiary/aromatic N) is 3. The molecule has 3 aliphatic heterocycles. The van der Waals surface area contributed by atoms with E-state index in [1.807, 2.05) is 0 Å². The number of likely N-dealkylation sites (tertiary alicyclic amines) is 1. The molecule has 1 atom stereocenters. The van der Waals surface area contributed by atoms with Crippen molar-refractivity contribution < 1.29 is 19.0 Å². The molecule has 10 nitrogen and oxygen atoms in total. The lowest BCUT2D eigenvalue weighted by molar-refractivity contribution is -0.0810. The van der Waals surface area contributed by atoms with Gasteiger partial charge in [0.25, 0.3) is 0 Å². The molecular formula is C16H17N5O5. The van der Waals surface area contributed by atoms with Crippen molar-refractivity contribution in [3.63, 3.8) is 0 Å². The molecule has 2 aromatic rings. The van der Waals surface area contributed by atoms with Crippen LogP contribution >= 0.6 is 0 Å². The Morgan fingerprint density at radius 2 is 2.15 bits per heavy atom. The molecule has 1 spiro atoms. The number of nitrogens with one attached hydrogen (secondary N) is 2. The Morgan fingerprint density at radius 3 is 3.08 bits per heavy atom. The molecule has 3 aliphatic rings. The number of rotatable bonds is 1. The Hall–Kier alpha value is -3.01. The van der Waals surface area contributed by atoms with E-state index in [2.05, 4.69) is 15.5 Å². The average Bonchev–Trinajstić information content (AvgIpc) is 3.35. The van der Waals surface area contributed by atoms with Crippen molar-refractivity contribution in [3.05, 3.63) is 34.5 Å². The summed E-state index contributed by atoms with van der Waals surface area (Å²) in [5, 5.41) is 9.24. The van der Waals surface area contributed by atoms with E-state index in [0.717, 1.165) is 0 Å². The summed E-state index contributed by atoms with van der Waals surface area (Å²) in [4.78, 5) is 26.1. The lowest BCUT2D eigenvalue weighted by atomic mass is 10.0. The van der Waals surface area contributed by atoms with Gasteiger partial charge in [0, 0.05) is 18.3 Å². The normalized spacial score (nSPS) is 23.3. The molecule has 2 N–H and O–H groups in total. The Kier molecular flexibility index (Phi) is 3.23. The van der Waals surface area contributed by atoms with Crippen LogP contribution in [0.4, 0.5) is 10.5 Å². The number of carbonyl (C=O) groups is 1. The summed E-state index contributed by atoms with van der Waals surface area (Å²) >= 11 is 0. The van der Waals surface area contributed by atoms with Crippen LogP contribution in [-0.4, -0.2) is 51.2 Å².